The summed E-state index contributed by atoms with van der Waals surface area (Å²) in [5.41, 5.74) is 0.576. The molecule has 0 aliphatic carbocycles. The van der Waals surface area contributed by atoms with Crippen LogP contribution in [0.1, 0.15) is 13.8 Å². The molecule has 0 bridgehead atoms. The number of hydrogen-bond donors (Lipinski definition) is 1. The van der Waals surface area contributed by atoms with Gasteiger partial charge in [0.1, 0.15) is 5.58 Å². The average Bonchev–Trinajstić information content (AvgIpc) is 2.59. The lowest BCUT2D eigenvalue weighted by Crippen LogP contribution is -2.29. The van der Waals surface area contributed by atoms with Gasteiger partial charge in [0.05, 0.1) is 0 Å². The Morgan fingerprint density at radius 2 is 1.94 bits per heavy atom. The second-order valence-electron chi connectivity index (χ2n) is 3.88. The van der Waals surface area contributed by atoms with Gasteiger partial charge in [0, 0.05) is 17.5 Å². The minimum Gasteiger partial charge on any atom is -0.443 e. The van der Waals surface area contributed by atoms with Gasteiger partial charge in [-0.05, 0) is 19.9 Å². The Bertz CT molecular complexity index is 565. The van der Waals surface area contributed by atoms with E-state index in [0.29, 0.717) is 5.58 Å². The first-order valence-electron chi connectivity index (χ1n) is 5.00. The van der Waals surface area contributed by atoms with Crippen molar-refractivity contribution in [3.63, 3.8) is 0 Å². The molecule has 0 aliphatic heterocycles. The molecule has 0 saturated carbocycles. The van der Waals surface area contributed by atoms with Crippen LogP contribution in [0.3, 0.4) is 0 Å². The maximum absolute atomic E-state index is 11.8. The van der Waals surface area contributed by atoms with Crippen molar-refractivity contribution in [1.29, 1.82) is 0 Å². The van der Waals surface area contributed by atoms with E-state index in [1.807, 2.05) is 12.1 Å². The molecule has 1 N–H and O–H groups in total. The maximum atomic E-state index is 11.8. The Balaban J connectivity index is 2.48. The van der Waals surface area contributed by atoms with Crippen LogP contribution >= 0.6 is 0 Å². The number of sulfonamides is 1. The molecule has 2 aromatic rings. The van der Waals surface area contributed by atoms with Crippen LogP contribution < -0.4 is 4.72 Å². The highest BCUT2D eigenvalue weighted by Crippen LogP contribution is 2.22. The van der Waals surface area contributed by atoms with Gasteiger partial charge in [-0.25, -0.2) is 13.1 Å². The number of para-hydroxylation sites is 1. The van der Waals surface area contributed by atoms with E-state index in [1.165, 1.54) is 6.07 Å². The van der Waals surface area contributed by atoms with Crippen molar-refractivity contribution >= 4 is 21.0 Å². The molecule has 0 aliphatic rings. The molecule has 0 radical (unpaired) electrons. The quantitative estimate of drug-likeness (QED) is 0.892. The Hall–Kier alpha value is -1.33. The first-order chi connectivity index (χ1) is 7.49. The molecule has 5 heteroatoms. The van der Waals surface area contributed by atoms with Gasteiger partial charge in [-0.3, -0.25) is 0 Å². The summed E-state index contributed by atoms with van der Waals surface area (Å²) in [6.07, 6.45) is 0. The minimum atomic E-state index is -3.54. The van der Waals surface area contributed by atoms with E-state index in [1.54, 1.807) is 26.0 Å². The van der Waals surface area contributed by atoms with E-state index < -0.39 is 10.0 Å². The maximum Gasteiger partial charge on any atom is 0.274 e. The second kappa shape index (κ2) is 3.92. The zero-order valence-corrected chi connectivity index (χ0v) is 9.91. The fourth-order valence-corrected chi connectivity index (χ4v) is 2.68. The van der Waals surface area contributed by atoms with E-state index in [2.05, 4.69) is 4.72 Å². The molecule has 1 aromatic heterocycles. The lowest BCUT2D eigenvalue weighted by atomic mass is 10.3. The van der Waals surface area contributed by atoms with E-state index in [4.69, 9.17) is 4.42 Å². The number of hydrogen-bond acceptors (Lipinski definition) is 3. The molecule has 0 atom stereocenters. The highest BCUT2D eigenvalue weighted by Gasteiger charge is 2.19. The van der Waals surface area contributed by atoms with Crippen molar-refractivity contribution in [2.45, 2.75) is 25.0 Å². The summed E-state index contributed by atoms with van der Waals surface area (Å²) in [5.74, 6) is 0. The third kappa shape index (κ3) is 2.10. The van der Waals surface area contributed by atoms with Gasteiger partial charge in [-0.15, -0.1) is 0 Å². The first kappa shape index (κ1) is 11.2. The molecule has 1 aromatic carbocycles. The summed E-state index contributed by atoms with van der Waals surface area (Å²) in [7, 11) is -3.54. The average molecular weight is 239 g/mol. The van der Waals surface area contributed by atoms with Crippen LogP contribution in [0.4, 0.5) is 0 Å². The molecule has 0 spiro atoms. The van der Waals surface area contributed by atoms with Crippen LogP contribution in [0, 0.1) is 0 Å². The number of benzene rings is 1. The van der Waals surface area contributed by atoms with Crippen LogP contribution in [0.15, 0.2) is 39.8 Å². The number of rotatable bonds is 3. The van der Waals surface area contributed by atoms with Crippen LogP contribution in [-0.2, 0) is 10.0 Å². The number of nitrogens with one attached hydrogen (secondary N) is 1. The predicted octanol–water partition coefficient (Wildman–Crippen LogP) is 2.12. The van der Waals surface area contributed by atoms with E-state index >= 15 is 0 Å². The van der Waals surface area contributed by atoms with Crippen LogP contribution in [0.2, 0.25) is 0 Å². The largest absolute Gasteiger partial charge is 0.443 e. The smallest absolute Gasteiger partial charge is 0.274 e. The topological polar surface area (TPSA) is 59.3 Å². The summed E-state index contributed by atoms with van der Waals surface area (Å²) in [6.45, 7) is 3.53. The Kier molecular flexibility index (Phi) is 2.73. The zero-order valence-electron chi connectivity index (χ0n) is 9.10. The van der Waals surface area contributed by atoms with Crippen LogP contribution in [0.25, 0.3) is 11.0 Å². The number of fused-ring (bicyclic) bond motifs is 1. The van der Waals surface area contributed by atoms with E-state index in [0.717, 1.165) is 5.39 Å². The van der Waals surface area contributed by atoms with Gasteiger partial charge in [0.15, 0.2) is 0 Å². The molecule has 16 heavy (non-hydrogen) atoms. The van der Waals surface area contributed by atoms with Gasteiger partial charge in [0.2, 0.25) is 5.09 Å². The second-order valence-corrected chi connectivity index (χ2v) is 5.52. The zero-order chi connectivity index (χ0) is 11.8. The normalized spacial score (nSPS) is 12.4. The molecule has 0 unspecified atom stereocenters. The van der Waals surface area contributed by atoms with E-state index in [9.17, 15) is 8.42 Å². The molecule has 0 saturated heterocycles. The van der Waals surface area contributed by atoms with Crippen molar-refractivity contribution in [2.24, 2.45) is 0 Å². The Labute approximate surface area is 94.3 Å². The third-order valence-corrected chi connectivity index (χ3v) is 3.57. The fraction of sp³-hybridized carbons (Fsp3) is 0.273. The van der Waals surface area contributed by atoms with Crippen LogP contribution in [-0.4, -0.2) is 14.5 Å². The molecule has 0 fully saturated rings. The number of furan rings is 1. The molecule has 4 nitrogen and oxygen atoms in total. The standard InChI is InChI=1S/C11H13NO3S/c1-8(2)12-16(13,14)11-7-9-5-3-4-6-10(9)15-11/h3-8,12H,1-2H3. The SMILES string of the molecule is CC(C)NS(=O)(=O)c1cc2ccccc2o1. The third-order valence-electron chi connectivity index (χ3n) is 2.06. The lowest BCUT2D eigenvalue weighted by molar-refractivity contribution is 0.472. The van der Waals surface area contributed by atoms with Crippen molar-refractivity contribution in [3.8, 4) is 0 Å². The predicted molar refractivity (Wildman–Crippen MR) is 61.7 cm³/mol. The molecular formula is C11H13NO3S. The highest BCUT2D eigenvalue weighted by molar-refractivity contribution is 7.89. The van der Waals surface area contributed by atoms with Gasteiger partial charge in [-0.1, -0.05) is 18.2 Å². The van der Waals surface area contributed by atoms with E-state index in [-0.39, 0.29) is 11.1 Å². The molecule has 86 valence electrons. The molecule has 1 heterocycles. The summed E-state index contributed by atoms with van der Waals surface area (Å²) < 4.78 is 31.4. The molecular weight excluding hydrogens is 226 g/mol. The van der Waals surface area contributed by atoms with Crippen molar-refractivity contribution in [3.05, 3.63) is 30.3 Å². The molecule has 2 rings (SSSR count). The summed E-state index contributed by atoms with van der Waals surface area (Å²) in [4.78, 5) is 0. The molecule has 0 amide bonds. The fourth-order valence-electron chi connectivity index (χ4n) is 1.46. The summed E-state index contributed by atoms with van der Waals surface area (Å²) >= 11 is 0. The Morgan fingerprint density at radius 3 is 2.56 bits per heavy atom. The summed E-state index contributed by atoms with van der Waals surface area (Å²) in [6, 6.07) is 8.57. The van der Waals surface area contributed by atoms with Gasteiger partial charge < -0.3 is 4.42 Å². The summed E-state index contributed by atoms with van der Waals surface area (Å²) in [5, 5.41) is 0.744. The monoisotopic (exact) mass is 239 g/mol. The van der Waals surface area contributed by atoms with Gasteiger partial charge in [0.25, 0.3) is 10.0 Å². The van der Waals surface area contributed by atoms with Crippen LogP contribution in [0.5, 0.6) is 0 Å². The van der Waals surface area contributed by atoms with Gasteiger partial charge >= 0.3 is 0 Å². The van der Waals surface area contributed by atoms with Crippen molar-refractivity contribution < 1.29 is 12.8 Å². The van der Waals surface area contributed by atoms with Crippen molar-refractivity contribution in [2.75, 3.05) is 0 Å². The van der Waals surface area contributed by atoms with Crippen molar-refractivity contribution in [1.82, 2.24) is 4.72 Å². The lowest BCUT2D eigenvalue weighted by Gasteiger charge is -2.05. The Morgan fingerprint density at radius 1 is 1.25 bits per heavy atom. The van der Waals surface area contributed by atoms with Gasteiger partial charge in [-0.2, -0.15) is 0 Å². The highest BCUT2D eigenvalue weighted by atomic mass is 32.2. The first-order valence-corrected chi connectivity index (χ1v) is 6.48. The minimum absolute atomic E-state index is 0.0394.